The zero-order valence-electron chi connectivity index (χ0n) is 13.3. The zero-order valence-corrected chi connectivity index (χ0v) is 13.3. The van der Waals surface area contributed by atoms with E-state index >= 15 is 0 Å². The standard InChI is InChI=1S/C16H16F4N4O/c1-23(10-6-7-21-8-10)15(25)11-9-22-24(14(11)16(18,19)20)13-5-3-2-4-12(13)17/h2-5,9-10,21H,6-8H2,1H3/t10-/m1/s1. The lowest BCUT2D eigenvalue weighted by molar-refractivity contribution is -0.143. The van der Waals surface area contributed by atoms with Gasteiger partial charge in [-0.1, -0.05) is 12.1 Å². The van der Waals surface area contributed by atoms with Gasteiger partial charge in [0.15, 0.2) is 5.69 Å². The first-order valence-electron chi connectivity index (χ1n) is 7.68. The Kier molecular flexibility index (Phi) is 4.51. The number of alkyl halides is 3. The van der Waals surface area contributed by atoms with Crippen molar-refractivity contribution in [3.63, 3.8) is 0 Å². The van der Waals surface area contributed by atoms with E-state index in [1.165, 1.54) is 30.1 Å². The minimum atomic E-state index is -4.86. The SMILES string of the molecule is CN(C(=O)c1cnn(-c2ccccc2F)c1C(F)(F)F)[C@@H]1CCNC1. The first kappa shape index (κ1) is 17.4. The highest BCUT2D eigenvalue weighted by atomic mass is 19.4. The number of rotatable bonds is 3. The summed E-state index contributed by atoms with van der Waals surface area (Å²) >= 11 is 0. The Balaban J connectivity index is 2.06. The van der Waals surface area contributed by atoms with Crippen molar-refractivity contribution >= 4 is 5.91 Å². The van der Waals surface area contributed by atoms with E-state index in [0.29, 0.717) is 24.2 Å². The summed E-state index contributed by atoms with van der Waals surface area (Å²) < 4.78 is 55.1. The predicted octanol–water partition coefficient (Wildman–Crippen LogP) is 2.46. The van der Waals surface area contributed by atoms with Crippen LogP contribution < -0.4 is 5.32 Å². The molecule has 0 radical (unpaired) electrons. The van der Waals surface area contributed by atoms with Crippen LogP contribution in [0.3, 0.4) is 0 Å². The van der Waals surface area contributed by atoms with Gasteiger partial charge >= 0.3 is 6.18 Å². The van der Waals surface area contributed by atoms with E-state index in [2.05, 4.69) is 10.4 Å². The highest BCUT2D eigenvalue weighted by Crippen LogP contribution is 2.34. The second-order valence-corrected chi connectivity index (χ2v) is 5.83. The van der Waals surface area contributed by atoms with E-state index in [4.69, 9.17) is 0 Å². The monoisotopic (exact) mass is 356 g/mol. The van der Waals surface area contributed by atoms with Gasteiger partial charge in [0.1, 0.15) is 11.5 Å². The molecule has 1 atom stereocenters. The van der Waals surface area contributed by atoms with Gasteiger partial charge in [0.25, 0.3) is 5.91 Å². The highest BCUT2D eigenvalue weighted by Gasteiger charge is 2.42. The molecule has 25 heavy (non-hydrogen) atoms. The van der Waals surface area contributed by atoms with Gasteiger partial charge in [-0.25, -0.2) is 9.07 Å². The molecule has 5 nitrogen and oxygen atoms in total. The molecule has 1 aliphatic rings. The van der Waals surface area contributed by atoms with Crippen LogP contribution in [0.1, 0.15) is 22.5 Å². The Hall–Kier alpha value is -2.42. The summed E-state index contributed by atoms with van der Waals surface area (Å²) in [5.41, 5.74) is -2.23. The number of carbonyl (C=O) groups excluding carboxylic acids is 1. The maximum atomic E-state index is 13.9. The molecular weight excluding hydrogens is 340 g/mol. The molecule has 1 N–H and O–H groups in total. The van der Waals surface area contributed by atoms with E-state index < -0.39 is 29.2 Å². The average Bonchev–Trinajstić information content (AvgIpc) is 3.23. The molecule has 1 aromatic carbocycles. The fourth-order valence-electron chi connectivity index (χ4n) is 2.91. The first-order chi connectivity index (χ1) is 11.8. The minimum absolute atomic E-state index is 0.189. The second kappa shape index (κ2) is 6.47. The van der Waals surface area contributed by atoms with Gasteiger partial charge in [0.2, 0.25) is 0 Å². The molecule has 0 spiro atoms. The molecule has 0 saturated carbocycles. The highest BCUT2D eigenvalue weighted by molar-refractivity contribution is 5.95. The molecule has 1 amide bonds. The summed E-state index contributed by atoms with van der Waals surface area (Å²) in [4.78, 5) is 13.9. The van der Waals surface area contributed by atoms with Crippen molar-refractivity contribution in [3.8, 4) is 5.69 Å². The van der Waals surface area contributed by atoms with E-state index in [0.717, 1.165) is 12.3 Å². The number of amides is 1. The van der Waals surface area contributed by atoms with Crippen LogP contribution in [0.5, 0.6) is 0 Å². The average molecular weight is 356 g/mol. The summed E-state index contributed by atoms with van der Waals surface area (Å²) in [5.74, 6) is -1.65. The zero-order chi connectivity index (χ0) is 18.2. The topological polar surface area (TPSA) is 50.2 Å². The minimum Gasteiger partial charge on any atom is -0.337 e. The number of para-hydroxylation sites is 1. The number of likely N-dealkylation sites (N-methyl/N-ethyl adjacent to an activating group) is 1. The van der Waals surface area contributed by atoms with Crippen LogP contribution in [-0.4, -0.2) is 46.8 Å². The van der Waals surface area contributed by atoms with Gasteiger partial charge in [-0.3, -0.25) is 4.79 Å². The fraction of sp³-hybridized carbons (Fsp3) is 0.375. The Morgan fingerprint density at radius 1 is 1.36 bits per heavy atom. The maximum absolute atomic E-state index is 13.9. The lowest BCUT2D eigenvalue weighted by Gasteiger charge is -2.24. The molecule has 9 heteroatoms. The first-order valence-corrected chi connectivity index (χ1v) is 7.68. The lowest BCUT2D eigenvalue weighted by Crippen LogP contribution is -2.39. The lowest BCUT2D eigenvalue weighted by atomic mass is 10.1. The molecule has 1 aliphatic heterocycles. The Bertz CT molecular complexity index is 781. The van der Waals surface area contributed by atoms with Crippen LogP contribution in [-0.2, 0) is 6.18 Å². The number of carbonyl (C=O) groups is 1. The molecular formula is C16H16F4N4O. The summed E-state index contributed by atoms with van der Waals surface area (Å²) in [7, 11) is 1.46. The van der Waals surface area contributed by atoms with Gasteiger partial charge in [0.05, 0.1) is 11.8 Å². The molecule has 1 saturated heterocycles. The van der Waals surface area contributed by atoms with Crippen LogP contribution in [0.4, 0.5) is 17.6 Å². The van der Waals surface area contributed by atoms with Crippen molar-refractivity contribution in [1.29, 1.82) is 0 Å². The molecule has 3 rings (SSSR count). The largest absolute Gasteiger partial charge is 0.434 e. The van der Waals surface area contributed by atoms with E-state index in [1.54, 1.807) is 0 Å². The summed E-state index contributed by atoms with van der Waals surface area (Å²) in [5, 5.41) is 6.69. The van der Waals surface area contributed by atoms with Crippen molar-refractivity contribution in [2.45, 2.75) is 18.6 Å². The fourth-order valence-corrected chi connectivity index (χ4v) is 2.91. The molecule has 134 valence electrons. The molecule has 0 unspecified atom stereocenters. The van der Waals surface area contributed by atoms with Crippen molar-refractivity contribution in [1.82, 2.24) is 20.0 Å². The van der Waals surface area contributed by atoms with Gasteiger partial charge in [-0.15, -0.1) is 0 Å². The number of benzene rings is 1. The number of aromatic nitrogens is 2. The van der Waals surface area contributed by atoms with Crippen LogP contribution in [0.25, 0.3) is 5.69 Å². The number of hydrogen-bond acceptors (Lipinski definition) is 3. The molecule has 1 aromatic heterocycles. The molecule has 0 aliphatic carbocycles. The predicted molar refractivity (Wildman–Crippen MR) is 81.9 cm³/mol. The van der Waals surface area contributed by atoms with Crippen LogP contribution >= 0.6 is 0 Å². The smallest absolute Gasteiger partial charge is 0.337 e. The van der Waals surface area contributed by atoms with Gasteiger partial charge in [-0.05, 0) is 25.1 Å². The van der Waals surface area contributed by atoms with Crippen LogP contribution in [0, 0.1) is 5.82 Å². The number of nitrogens with zero attached hydrogens (tertiary/aromatic N) is 3. The molecule has 2 aromatic rings. The Morgan fingerprint density at radius 2 is 2.08 bits per heavy atom. The van der Waals surface area contributed by atoms with E-state index in [-0.39, 0.29) is 11.7 Å². The summed E-state index contributed by atoms with van der Waals surface area (Å²) in [6.07, 6.45) is -3.36. The van der Waals surface area contributed by atoms with Crippen molar-refractivity contribution < 1.29 is 22.4 Å². The summed E-state index contributed by atoms with van der Waals surface area (Å²) in [6.45, 7) is 1.22. The van der Waals surface area contributed by atoms with E-state index in [9.17, 15) is 22.4 Å². The van der Waals surface area contributed by atoms with Crippen LogP contribution in [0.2, 0.25) is 0 Å². The van der Waals surface area contributed by atoms with Crippen molar-refractivity contribution in [2.75, 3.05) is 20.1 Å². The van der Waals surface area contributed by atoms with E-state index in [1.807, 2.05) is 0 Å². The third-order valence-electron chi connectivity index (χ3n) is 4.25. The van der Waals surface area contributed by atoms with Crippen LogP contribution in [0.15, 0.2) is 30.5 Å². The third kappa shape index (κ3) is 3.23. The van der Waals surface area contributed by atoms with Crippen molar-refractivity contribution in [3.05, 3.63) is 47.5 Å². The molecule has 1 fully saturated rings. The Morgan fingerprint density at radius 3 is 2.68 bits per heavy atom. The Labute approximate surface area is 141 Å². The maximum Gasteiger partial charge on any atom is 0.434 e. The second-order valence-electron chi connectivity index (χ2n) is 5.83. The summed E-state index contributed by atoms with van der Waals surface area (Å²) in [6, 6.07) is 4.79. The molecule has 2 heterocycles. The number of nitrogens with one attached hydrogen (secondary N) is 1. The third-order valence-corrected chi connectivity index (χ3v) is 4.25. The van der Waals surface area contributed by atoms with Gasteiger partial charge in [-0.2, -0.15) is 18.3 Å². The normalized spacial score (nSPS) is 17.7. The quantitative estimate of drug-likeness (QED) is 0.860. The number of halogens is 4. The number of hydrogen-bond donors (Lipinski definition) is 1. The van der Waals surface area contributed by atoms with Gasteiger partial charge < -0.3 is 10.2 Å². The van der Waals surface area contributed by atoms with Gasteiger partial charge in [0, 0.05) is 19.6 Å². The molecule has 0 bridgehead atoms. The van der Waals surface area contributed by atoms with Crippen molar-refractivity contribution in [2.24, 2.45) is 0 Å².